The van der Waals surface area contributed by atoms with Gasteiger partial charge in [0, 0.05) is 56.5 Å². The quantitative estimate of drug-likeness (QED) is 0.851. The lowest BCUT2D eigenvalue weighted by molar-refractivity contribution is 0.0629. The third kappa shape index (κ3) is 4.11. The Morgan fingerprint density at radius 1 is 1.15 bits per heavy atom. The maximum absolute atomic E-state index is 12.7. The molecule has 140 valence electrons. The molecule has 0 unspecified atom stereocenters. The van der Waals surface area contributed by atoms with Crippen LogP contribution >= 0.6 is 0 Å². The third-order valence-electron chi connectivity index (χ3n) is 4.74. The zero-order chi connectivity index (χ0) is 18.5. The van der Waals surface area contributed by atoms with Crippen molar-refractivity contribution >= 4 is 5.91 Å². The van der Waals surface area contributed by atoms with Gasteiger partial charge in [0.2, 0.25) is 0 Å². The van der Waals surface area contributed by atoms with Crippen molar-refractivity contribution in [1.29, 1.82) is 0 Å². The molecule has 7 heteroatoms. The molecule has 1 N–H and O–H groups in total. The zero-order valence-corrected chi connectivity index (χ0v) is 15.5. The monoisotopic (exact) mass is 357 g/mol. The van der Waals surface area contributed by atoms with Crippen LogP contribution in [0.25, 0.3) is 11.4 Å². The van der Waals surface area contributed by atoms with Crippen LogP contribution in [-0.4, -0.2) is 74.9 Å². The first kappa shape index (κ1) is 18.5. The van der Waals surface area contributed by atoms with Gasteiger partial charge in [0.15, 0.2) is 5.82 Å². The van der Waals surface area contributed by atoms with Gasteiger partial charge in [-0.3, -0.25) is 9.69 Å². The van der Waals surface area contributed by atoms with Crippen molar-refractivity contribution in [2.45, 2.75) is 26.3 Å². The molecule has 0 bridgehead atoms. The predicted octanol–water partition coefficient (Wildman–Crippen LogP) is 1.67. The number of amides is 1. The van der Waals surface area contributed by atoms with Crippen molar-refractivity contribution < 1.29 is 9.90 Å². The molecule has 7 nitrogen and oxygen atoms in total. The summed E-state index contributed by atoms with van der Waals surface area (Å²) in [6.45, 7) is 8.43. The van der Waals surface area contributed by atoms with Gasteiger partial charge in [-0.15, -0.1) is 0 Å². The van der Waals surface area contributed by atoms with Crippen LogP contribution in [0.15, 0.2) is 30.6 Å². The Hall–Kier alpha value is -2.25. The molecule has 1 amide bonds. The van der Waals surface area contributed by atoms with E-state index in [1.165, 1.54) is 0 Å². The van der Waals surface area contributed by atoms with Crippen LogP contribution in [0, 0.1) is 0 Å². The van der Waals surface area contributed by atoms with Crippen molar-refractivity contribution in [3.8, 4) is 11.4 Å². The summed E-state index contributed by atoms with van der Waals surface area (Å²) in [5.74, 6) is 0.889. The Morgan fingerprint density at radius 3 is 2.46 bits per heavy atom. The maximum atomic E-state index is 12.7. The number of aliphatic hydroxyl groups excluding tert-OH is 1. The summed E-state index contributed by atoms with van der Waals surface area (Å²) < 4.78 is 1.88. The maximum Gasteiger partial charge on any atom is 0.253 e. The fourth-order valence-corrected chi connectivity index (χ4v) is 3.25. The summed E-state index contributed by atoms with van der Waals surface area (Å²) in [5, 5.41) is 13.2. The predicted molar refractivity (Wildman–Crippen MR) is 99.9 cm³/mol. The highest BCUT2D eigenvalue weighted by molar-refractivity contribution is 5.94. The van der Waals surface area contributed by atoms with Gasteiger partial charge in [0.1, 0.15) is 6.33 Å². The van der Waals surface area contributed by atoms with Crippen LogP contribution in [0.4, 0.5) is 0 Å². The molecule has 1 aliphatic rings. The number of aromatic nitrogens is 3. The van der Waals surface area contributed by atoms with Crippen molar-refractivity contribution in [3.05, 3.63) is 36.2 Å². The molecule has 2 heterocycles. The first-order valence-corrected chi connectivity index (χ1v) is 9.22. The summed E-state index contributed by atoms with van der Waals surface area (Å²) in [4.78, 5) is 21.3. The SMILES string of the molecule is CC(C)n1ncnc1-c1ccc(C(=O)N2CCN(CCCO)CC2)cc1. The lowest BCUT2D eigenvalue weighted by Gasteiger charge is -2.34. The third-order valence-corrected chi connectivity index (χ3v) is 4.74. The molecule has 1 aliphatic heterocycles. The van der Waals surface area contributed by atoms with Gasteiger partial charge in [0.25, 0.3) is 5.91 Å². The molecule has 3 rings (SSSR count). The molecule has 0 spiro atoms. The van der Waals surface area contributed by atoms with Crippen LogP contribution in [0.2, 0.25) is 0 Å². The highest BCUT2D eigenvalue weighted by atomic mass is 16.3. The normalized spacial score (nSPS) is 15.6. The molecular weight excluding hydrogens is 330 g/mol. The Balaban J connectivity index is 1.64. The van der Waals surface area contributed by atoms with E-state index >= 15 is 0 Å². The number of aliphatic hydroxyl groups is 1. The molecule has 1 fully saturated rings. The van der Waals surface area contributed by atoms with Crippen LogP contribution in [-0.2, 0) is 0 Å². The standard InChI is InChI=1S/C19H27N5O2/c1-15(2)24-18(20-14-21-24)16-4-6-17(7-5-16)19(26)23-11-9-22(10-12-23)8-3-13-25/h4-7,14-15,25H,3,8-13H2,1-2H3. The molecule has 26 heavy (non-hydrogen) atoms. The Morgan fingerprint density at radius 2 is 1.85 bits per heavy atom. The molecule has 0 aliphatic carbocycles. The van der Waals surface area contributed by atoms with Gasteiger partial charge >= 0.3 is 0 Å². The first-order valence-electron chi connectivity index (χ1n) is 9.22. The van der Waals surface area contributed by atoms with Gasteiger partial charge in [-0.05, 0) is 32.4 Å². The Bertz CT molecular complexity index is 718. The van der Waals surface area contributed by atoms with E-state index in [4.69, 9.17) is 5.11 Å². The average molecular weight is 357 g/mol. The van der Waals surface area contributed by atoms with Crippen molar-refractivity contribution in [3.63, 3.8) is 0 Å². The molecule has 0 saturated carbocycles. The Kier molecular flexibility index (Phi) is 6.00. The summed E-state index contributed by atoms with van der Waals surface area (Å²) in [6.07, 6.45) is 2.35. The topological polar surface area (TPSA) is 74.5 Å². The van der Waals surface area contributed by atoms with Gasteiger partial charge in [0.05, 0.1) is 0 Å². The van der Waals surface area contributed by atoms with Gasteiger partial charge in [-0.2, -0.15) is 5.10 Å². The molecule has 0 atom stereocenters. The molecule has 1 aromatic heterocycles. The molecule has 1 saturated heterocycles. The second-order valence-corrected chi connectivity index (χ2v) is 6.91. The van der Waals surface area contributed by atoms with Crippen LogP contribution in [0.1, 0.15) is 36.7 Å². The van der Waals surface area contributed by atoms with E-state index in [-0.39, 0.29) is 18.6 Å². The second kappa shape index (κ2) is 8.42. The highest BCUT2D eigenvalue weighted by Gasteiger charge is 2.22. The van der Waals surface area contributed by atoms with E-state index in [1.54, 1.807) is 6.33 Å². The smallest absolute Gasteiger partial charge is 0.253 e. The van der Waals surface area contributed by atoms with E-state index in [9.17, 15) is 4.79 Å². The molecule has 0 radical (unpaired) electrons. The van der Waals surface area contributed by atoms with Crippen molar-refractivity contribution in [2.75, 3.05) is 39.3 Å². The number of hydrogen-bond acceptors (Lipinski definition) is 5. The van der Waals surface area contributed by atoms with E-state index in [0.717, 1.165) is 50.5 Å². The van der Waals surface area contributed by atoms with Crippen molar-refractivity contribution in [1.82, 2.24) is 24.6 Å². The largest absolute Gasteiger partial charge is 0.396 e. The van der Waals surface area contributed by atoms with E-state index in [0.29, 0.717) is 5.56 Å². The molecule has 1 aromatic carbocycles. The minimum Gasteiger partial charge on any atom is -0.396 e. The number of piperazine rings is 1. The number of rotatable bonds is 6. The molecule has 2 aromatic rings. The van der Waals surface area contributed by atoms with E-state index in [2.05, 4.69) is 28.8 Å². The number of nitrogens with zero attached hydrogens (tertiary/aromatic N) is 5. The minimum atomic E-state index is 0.0729. The van der Waals surface area contributed by atoms with Gasteiger partial charge in [-0.1, -0.05) is 12.1 Å². The second-order valence-electron chi connectivity index (χ2n) is 6.91. The van der Waals surface area contributed by atoms with Gasteiger partial charge < -0.3 is 10.0 Å². The van der Waals surface area contributed by atoms with E-state index < -0.39 is 0 Å². The van der Waals surface area contributed by atoms with Gasteiger partial charge in [-0.25, -0.2) is 9.67 Å². The summed E-state index contributed by atoms with van der Waals surface area (Å²) in [6, 6.07) is 7.85. The van der Waals surface area contributed by atoms with Crippen LogP contribution < -0.4 is 0 Å². The Labute approximate surface area is 154 Å². The van der Waals surface area contributed by atoms with Crippen LogP contribution in [0.5, 0.6) is 0 Å². The fourth-order valence-electron chi connectivity index (χ4n) is 3.25. The minimum absolute atomic E-state index is 0.0729. The number of benzene rings is 1. The number of hydrogen-bond donors (Lipinski definition) is 1. The summed E-state index contributed by atoms with van der Waals surface area (Å²) in [7, 11) is 0. The summed E-state index contributed by atoms with van der Waals surface area (Å²) >= 11 is 0. The number of carbonyl (C=O) groups is 1. The highest BCUT2D eigenvalue weighted by Crippen LogP contribution is 2.20. The van der Waals surface area contributed by atoms with Crippen molar-refractivity contribution in [2.24, 2.45) is 0 Å². The van der Waals surface area contributed by atoms with E-state index in [1.807, 2.05) is 33.8 Å². The van der Waals surface area contributed by atoms with Crippen LogP contribution in [0.3, 0.4) is 0 Å². The fraction of sp³-hybridized carbons (Fsp3) is 0.526. The number of carbonyl (C=O) groups excluding carboxylic acids is 1. The average Bonchev–Trinajstić information content (AvgIpc) is 3.16. The molecular formula is C19H27N5O2. The lowest BCUT2D eigenvalue weighted by atomic mass is 10.1. The summed E-state index contributed by atoms with van der Waals surface area (Å²) in [5.41, 5.74) is 1.66. The lowest BCUT2D eigenvalue weighted by Crippen LogP contribution is -2.48. The zero-order valence-electron chi connectivity index (χ0n) is 15.5. The first-order chi connectivity index (χ1) is 12.6.